The van der Waals surface area contributed by atoms with Gasteiger partial charge >= 0.3 is 0 Å². The molecule has 19 heavy (non-hydrogen) atoms. The highest BCUT2D eigenvalue weighted by molar-refractivity contribution is 5.43. The van der Waals surface area contributed by atoms with Gasteiger partial charge in [0.15, 0.2) is 0 Å². The first-order valence-corrected chi connectivity index (χ1v) is 7.09. The number of pyridine rings is 1. The van der Waals surface area contributed by atoms with Crippen LogP contribution < -0.4 is 4.90 Å². The summed E-state index contributed by atoms with van der Waals surface area (Å²) in [5.74, 6) is 1.19. The maximum Gasteiger partial charge on any atom is 0.129 e. The van der Waals surface area contributed by atoms with E-state index in [1.807, 2.05) is 12.1 Å². The van der Waals surface area contributed by atoms with Crippen molar-refractivity contribution < 1.29 is 10.2 Å². The van der Waals surface area contributed by atoms with Crippen LogP contribution in [0.25, 0.3) is 0 Å². The van der Waals surface area contributed by atoms with E-state index in [0.717, 1.165) is 36.5 Å². The summed E-state index contributed by atoms with van der Waals surface area (Å²) in [6.07, 6.45) is 2.18. The molecule has 0 aliphatic rings. The van der Waals surface area contributed by atoms with Gasteiger partial charge in [0, 0.05) is 18.8 Å². The summed E-state index contributed by atoms with van der Waals surface area (Å²) in [4.78, 5) is 6.75. The molecule has 0 unspecified atom stereocenters. The first-order valence-electron chi connectivity index (χ1n) is 7.09. The fraction of sp³-hybridized carbons (Fsp3) is 0.667. The average molecular weight is 266 g/mol. The summed E-state index contributed by atoms with van der Waals surface area (Å²) >= 11 is 0. The molecule has 1 aromatic rings. The molecule has 4 heteroatoms. The Hall–Kier alpha value is -1.13. The number of aromatic nitrogens is 1. The van der Waals surface area contributed by atoms with Gasteiger partial charge in [-0.15, -0.1) is 0 Å². The third-order valence-electron chi connectivity index (χ3n) is 3.14. The Bertz CT molecular complexity index is 380. The van der Waals surface area contributed by atoms with Crippen molar-refractivity contribution in [2.75, 3.05) is 24.6 Å². The summed E-state index contributed by atoms with van der Waals surface area (Å²) in [5, 5.41) is 18.5. The molecule has 0 bridgehead atoms. The second kappa shape index (κ2) is 8.12. The van der Waals surface area contributed by atoms with E-state index in [4.69, 9.17) is 0 Å². The van der Waals surface area contributed by atoms with Crippen LogP contribution in [0.4, 0.5) is 5.82 Å². The lowest BCUT2D eigenvalue weighted by Crippen LogP contribution is -2.29. The number of rotatable bonds is 8. The Balaban J connectivity index is 3.02. The van der Waals surface area contributed by atoms with Crippen LogP contribution in [0.1, 0.15) is 50.8 Å². The largest absolute Gasteiger partial charge is 0.395 e. The molecule has 0 radical (unpaired) electrons. The molecule has 0 aliphatic heterocycles. The van der Waals surface area contributed by atoms with Crippen LogP contribution in [0.5, 0.6) is 0 Å². The molecule has 1 rings (SSSR count). The lowest BCUT2D eigenvalue weighted by molar-refractivity contribution is 0.281. The maximum atomic E-state index is 9.36. The SMILES string of the molecule is CCCCN(CCO)c1cc(CO)cc(C(C)C)n1. The monoisotopic (exact) mass is 266 g/mol. The van der Waals surface area contributed by atoms with Gasteiger partial charge in [-0.1, -0.05) is 27.2 Å². The van der Waals surface area contributed by atoms with Gasteiger partial charge in [0.1, 0.15) is 5.82 Å². The predicted octanol–water partition coefficient (Wildman–Crippen LogP) is 2.30. The average Bonchev–Trinajstić information content (AvgIpc) is 2.42. The number of anilines is 1. The van der Waals surface area contributed by atoms with E-state index in [1.54, 1.807) is 0 Å². The van der Waals surface area contributed by atoms with Gasteiger partial charge in [0.05, 0.1) is 13.2 Å². The van der Waals surface area contributed by atoms with E-state index in [2.05, 4.69) is 30.7 Å². The van der Waals surface area contributed by atoms with E-state index in [0.29, 0.717) is 12.5 Å². The molecule has 1 heterocycles. The molecule has 0 atom stereocenters. The number of unbranched alkanes of at least 4 members (excludes halogenated alkanes) is 1. The third kappa shape index (κ3) is 4.80. The summed E-state index contributed by atoms with van der Waals surface area (Å²) < 4.78 is 0. The molecule has 1 aromatic heterocycles. The number of aliphatic hydroxyl groups is 2. The van der Waals surface area contributed by atoms with Gasteiger partial charge in [-0.3, -0.25) is 0 Å². The fourth-order valence-electron chi connectivity index (χ4n) is 1.95. The number of aliphatic hydroxyl groups excluding tert-OH is 2. The van der Waals surface area contributed by atoms with Crippen molar-refractivity contribution in [1.29, 1.82) is 0 Å². The molecule has 0 amide bonds. The molecule has 0 spiro atoms. The lowest BCUT2D eigenvalue weighted by Gasteiger charge is -2.24. The van der Waals surface area contributed by atoms with Crippen LogP contribution in [0.2, 0.25) is 0 Å². The smallest absolute Gasteiger partial charge is 0.129 e. The van der Waals surface area contributed by atoms with Gasteiger partial charge in [-0.05, 0) is 30.0 Å². The third-order valence-corrected chi connectivity index (χ3v) is 3.14. The minimum absolute atomic E-state index is 0.0238. The van der Waals surface area contributed by atoms with E-state index >= 15 is 0 Å². The second-order valence-corrected chi connectivity index (χ2v) is 5.14. The lowest BCUT2D eigenvalue weighted by atomic mass is 10.1. The van der Waals surface area contributed by atoms with Gasteiger partial charge < -0.3 is 15.1 Å². The van der Waals surface area contributed by atoms with Crippen LogP contribution in [-0.4, -0.2) is 34.9 Å². The first-order chi connectivity index (χ1) is 9.12. The van der Waals surface area contributed by atoms with Gasteiger partial charge in [0.25, 0.3) is 0 Å². The minimum Gasteiger partial charge on any atom is -0.395 e. The number of hydrogen-bond acceptors (Lipinski definition) is 4. The van der Waals surface area contributed by atoms with E-state index in [1.165, 1.54) is 0 Å². The van der Waals surface area contributed by atoms with Crippen molar-refractivity contribution in [3.05, 3.63) is 23.4 Å². The van der Waals surface area contributed by atoms with Crippen molar-refractivity contribution in [3.63, 3.8) is 0 Å². The second-order valence-electron chi connectivity index (χ2n) is 5.14. The first kappa shape index (κ1) is 15.9. The summed E-state index contributed by atoms with van der Waals surface area (Å²) in [6.45, 7) is 7.94. The normalized spacial score (nSPS) is 11.1. The molecule has 0 saturated carbocycles. The Morgan fingerprint density at radius 1 is 1.21 bits per heavy atom. The number of nitrogens with zero attached hydrogens (tertiary/aromatic N) is 2. The molecule has 0 aliphatic carbocycles. The quantitative estimate of drug-likeness (QED) is 0.758. The number of hydrogen-bond donors (Lipinski definition) is 2. The van der Waals surface area contributed by atoms with Gasteiger partial charge in [-0.25, -0.2) is 4.98 Å². The highest BCUT2D eigenvalue weighted by Crippen LogP contribution is 2.20. The molecule has 108 valence electrons. The van der Waals surface area contributed by atoms with Crippen molar-refractivity contribution in [1.82, 2.24) is 4.98 Å². The van der Waals surface area contributed by atoms with Gasteiger partial charge in [0.2, 0.25) is 0 Å². The van der Waals surface area contributed by atoms with Crippen LogP contribution in [0.15, 0.2) is 12.1 Å². The van der Waals surface area contributed by atoms with Crippen LogP contribution in [0.3, 0.4) is 0 Å². The zero-order chi connectivity index (χ0) is 14.3. The van der Waals surface area contributed by atoms with E-state index < -0.39 is 0 Å². The van der Waals surface area contributed by atoms with E-state index in [-0.39, 0.29) is 13.2 Å². The molecular formula is C15H26N2O2. The molecule has 2 N–H and O–H groups in total. The highest BCUT2D eigenvalue weighted by Gasteiger charge is 2.11. The Kier molecular flexibility index (Phi) is 6.81. The zero-order valence-corrected chi connectivity index (χ0v) is 12.3. The van der Waals surface area contributed by atoms with E-state index in [9.17, 15) is 10.2 Å². The maximum absolute atomic E-state index is 9.36. The molecule has 0 fully saturated rings. The fourth-order valence-corrected chi connectivity index (χ4v) is 1.95. The summed E-state index contributed by atoms with van der Waals surface area (Å²) in [5.41, 5.74) is 1.87. The van der Waals surface area contributed by atoms with Crippen molar-refractivity contribution in [3.8, 4) is 0 Å². The molecule has 0 saturated heterocycles. The minimum atomic E-state index is 0.0238. The molecule has 0 aromatic carbocycles. The van der Waals surface area contributed by atoms with Crippen molar-refractivity contribution in [2.45, 2.75) is 46.1 Å². The molecular weight excluding hydrogens is 240 g/mol. The zero-order valence-electron chi connectivity index (χ0n) is 12.3. The predicted molar refractivity (Wildman–Crippen MR) is 78.5 cm³/mol. The Labute approximate surface area is 116 Å². The van der Waals surface area contributed by atoms with Crippen LogP contribution in [0, 0.1) is 0 Å². The Morgan fingerprint density at radius 2 is 1.95 bits per heavy atom. The summed E-state index contributed by atoms with van der Waals surface area (Å²) in [7, 11) is 0. The summed E-state index contributed by atoms with van der Waals surface area (Å²) in [6, 6.07) is 3.86. The van der Waals surface area contributed by atoms with Gasteiger partial charge in [-0.2, -0.15) is 0 Å². The molecule has 4 nitrogen and oxygen atoms in total. The highest BCUT2D eigenvalue weighted by atomic mass is 16.3. The Morgan fingerprint density at radius 3 is 2.47 bits per heavy atom. The van der Waals surface area contributed by atoms with Crippen molar-refractivity contribution >= 4 is 5.82 Å². The van der Waals surface area contributed by atoms with Crippen molar-refractivity contribution in [2.24, 2.45) is 0 Å². The van der Waals surface area contributed by atoms with Crippen LogP contribution >= 0.6 is 0 Å². The standard InChI is InChI=1S/C15H26N2O2/c1-4-5-6-17(7-8-18)15-10-13(11-19)9-14(16-15)12(2)3/h9-10,12,18-19H,4-8,11H2,1-3H3. The van der Waals surface area contributed by atoms with Crippen LogP contribution in [-0.2, 0) is 6.61 Å². The topological polar surface area (TPSA) is 56.6 Å².